The maximum atomic E-state index is 11.6. The van der Waals surface area contributed by atoms with Crippen LogP contribution in [0.3, 0.4) is 0 Å². The topological polar surface area (TPSA) is 147 Å². The molecule has 0 bridgehead atoms. The van der Waals surface area contributed by atoms with Gasteiger partial charge >= 0.3 is 0 Å². The van der Waals surface area contributed by atoms with Crippen molar-refractivity contribution in [3.05, 3.63) is 47.5 Å². The third-order valence-electron chi connectivity index (χ3n) is 3.21. The molecule has 0 saturated heterocycles. The van der Waals surface area contributed by atoms with Crippen molar-refractivity contribution in [2.75, 3.05) is 5.73 Å². The molecule has 2 aromatic carbocycles. The second kappa shape index (κ2) is 7.46. The number of benzene rings is 2. The van der Waals surface area contributed by atoms with Gasteiger partial charge in [0.15, 0.2) is 0 Å². The summed E-state index contributed by atoms with van der Waals surface area (Å²) in [6, 6.07) is 7.68. The minimum Gasteiger partial charge on any atom is -0.399 e. The van der Waals surface area contributed by atoms with Gasteiger partial charge in [-0.05, 0) is 47.6 Å². The van der Waals surface area contributed by atoms with Gasteiger partial charge in [0, 0.05) is 5.69 Å². The van der Waals surface area contributed by atoms with Crippen LogP contribution < -0.4 is 5.73 Å². The number of isothiocyanates is 1. The molecule has 0 heterocycles. The zero-order chi connectivity index (χ0) is 19.5. The first-order valence-corrected chi connectivity index (χ1v) is 10.1. The first-order chi connectivity index (χ1) is 12.0. The Hall–Kier alpha value is -2.40. The Morgan fingerprint density at radius 2 is 1.42 bits per heavy atom. The van der Waals surface area contributed by atoms with E-state index in [1.165, 1.54) is 36.4 Å². The number of thiocarbonyl (C=S) groups is 1. The average Bonchev–Trinajstić information content (AvgIpc) is 2.53. The van der Waals surface area contributed by atoms with Crippen LogP contribution >= 0.6 is 12.2 Å². The molecule has 136 valence electrons. The van der Waals surface area contributed by atoms with Crippen molar-refractivity contribution in [2.45, 2.75) is 9.79 Å². The molecule has 0 aliphatic carbocycles. The van der Waals surface area contributed by atoms with Crippen LogP contribution in [0.1, 0.15) is 11.1 Å². The molecule has 0 radical (unpaired) electrons. The van der Waals surface area contributed by atoms with Crippen molar-refractivity contribution >= 4 is 61.1 Å². The van der Waals surface area contributed by atoms with Crippen LogP contribution in [0.15, 0.2) is 51.2 Å². The third-order valence-corrected chi connectivity index (χ3v) is 5.12. The van der Waals surface area contributed by atoms with E-state index in [1.54, 1.807) is 0 Å². The predicted octanol–water partition coefficient (Wildman–Crippen LogP) is 2.67. The molecule has 0 unspecified atom stereocenters. The lowest BCUT2D eigenvalue weighted by Gasteiger charge is -2.06. The molecule has 0 aromatic heterocycles. The van der Waals surface area contributed by atoms with Crippen molar-refractivity contribution in [3.8, 4) is 0 Å². The lowest BCUT2D eigenvalue weighted by Crippen LogP contribution is -2.02. The van der Waals surface area contributed by atoms with Crippen molar-refractivity contribution < 1.29 is 25.9 Å². The van der Waals surface area contributed by atoms with Gasteiger partial charge in [0.25, 0.3) is 20.2 Å². The molecular formula is C15H12N2O6S3. The van der Waals surface area contributed by atoms with Gasteiger partial charge in [-0.3, -0.25) is 9.11 Å². The van der Waals surface area contributed by atoms with Crippen LogP contribution in [-0.2, 0) is 20.2 Å². The molecule has 8 nitrogen and oxygen atoms in total. The summed E-state index contributed by atoms with van der Waals surface area (Å²) < 4.78 is 64.7. The maximum Gasteiger partial charge on any atom is 0.295 e. The van der Waals surface area contributed by atoms with E-state index in [2.05, 4.69) is 22.4 Å². The molecule has 0 amide bonds. The van der Waals surface area contributed by atoms with Gasteiger partial charge in [-0.2, -0.15) is 21.8 Å². The summed E-state index contributed by atoms with van der Waals surface area (Å²) >= 11 is 4.44. The second-order valence-electron chi connectivity index (χ2n) is 5.01. The fraction of sp³-hybridized carbons (Fsp3) is 0. The highest BCUT2D eigenvalue weighted by Crippen LogP contribution is 2.26. The molecule has 0 aliphatic rings. The first kappa shape index (κ1) is 19.9. The highest BCUT2D eigenvalue weighted by atomic mass is 32.2. The van der Waals surface area contributed by atoms with Gasteiger partial charge < -0.3 is 5.73 Å². The van der Waals surface area contributed by atoms with Crippen molar-refractivity contribution in [1.29, 1.82) is 0 Å². The molecule has 11 heteroatoms. The SMILES string of the molecule is Nc1ccc(C=Cc2ccc(N=C=S)cc2S(=O)(=O)O)c(S(=O)(=O)O)c1. The molecule has 2 aromatic rings. The van der Waals surface area contributed by atoms with E-state index in [0.29, 0.717) is 0 Å². The van der Waals surface area contributed by atoms with Gasteiger partial charge in [-0.1, -0.05) is 24.3 Å². The highest BCUT2D eigenvalue weighted by Gasteiger charge is 2.17. The molecule has 0 saturated carbocycles. The average molecular weight is 412 g/mol. The van der Waals surface area contributed by atoms with Gasteiger partial charge in [0.2, 0.25) is 0 Å². The summed E-state index contributed by atoms with van der Waals surface area (Å²) in [6.45, 7) is 0. The molecule has 0 atom stereocenters. The number of nitrogens with two attached hydrogens (primary N) is 1. The number of nitrogens with zero attached hydrogens (tertiary/aromatic N) is 1. The van der Waals surface area contributed by atoms with Crippen LogP contribution in [0.5, 0.6) is 0 Å². The van der Waals surface area contributed by atoms with E-state index in [9.17, 15) is 25.9 Å². The van der Waals surface area contributed by atoms with E-state index < -0.39 is 30.0 Å². The van der Waals surface area contributed by atoms with Gasteiger partial charge in [-0.15, -0.1) is 0 Å². The third kappa shape index (κ3) is 4.82. The van der Waals surface area contributed by atoms with E-state index in [4.69, 9.17) is 5.73 Å². The standard InChI is InChI=1S/C15H12N2O6S3/c16-12-5-3-10(14(7-12)25(18,19)20)1-2-11-4-6-13(17-9-24)8-15(11)26(21,22)23/h1-8H,16H2,(H,18,19,20)(H,21,22,23). The molecule has 4 N–H and O–H groups in total. The zero-order valence-electron chi connectivity index (χ0n) is 12.9. The predicted molar refractivity (Wildman–Crippen MR) is 101 cm³/mol. The first-order valence-electron chi connectivity index (χ1n) is 6.77. The van der Waals surface area contributed by atoms with Crippen molar-refractivity contribution in [3.63, 3.8) is 0 Å². The Morgan fingerprint density at radius 1 is 0.923 bits per heavy atom. The lowest BCUT2D eigenvalue weighted by molar-refractivity contribution is 0.480. The summed E-state index contributed by atoms with van der Waals surface area (Å²) in [5.41, 5.74) is 5.94. The van der Waals surface area contributed by atoms with Crippen molar-refractivity contribution in [2.24, 2.45) is 4.99 Å². The number of hydrogen-bond acceptors (Lipinski definition) is 7. The van der Waals surface area contributed by atoms with Crippen LogP contribution in [0.2, 0.25) is 0 Å². The Labute approximate surface area is 155 Å². The van der Waals surface area contributed by atoms with Crippen LogP contribution in [0.4, 0.5) is 11.4 Å². The van der Waals surface area contributed by atoms with Crippen LogP contribution in [-0.4, -0.2) is 31.1 Å². The van der Waals surface area contributed by atoms with Gasteiger partial charge in [-0.25, -0.2) is 0 Å². The van der Waals surface area contributed by atoms with Gasteiger partial charge in [0.1, 0.15) is 9.79 Å². The molecule has 0 fully saturated rings. The summed E-state index contributed by atoms with van der Waals surface area (Å²) in [5, 5.41) is 2.08. The van der Waals surface area contributed by atoms with E-state index >= 15 is 0 Å². The Balaban J connectivity index is 2.61. The van der Waals surface area contributed by atoms with Crippen LogP contribution in [0.25, 0.3) is 12.2 Å². The number of rotatable bonds is 5. The Bertz CT molecular complexity index is 1150. The lowest BCUT2D eigenvalue weighted by atomic mass is 10.1. The summed E-state index contributed by atoms with van der Waals surface area (Å²) in [7, 11) is -9.13. The second-order valence-corrected chi connectivity index (χ2v) is 7.97. The zero-order valence-corrected chi connectivity index (χ0v) is 15.3. The highest BCUT2D eigenvalue weighted by molar-refractivity contribution is 7.86. The molecule has 26 heavy (non-hydrogen) atoms. The number of anilines is 1. The normalized spacial score (nSPS) is 12.1. The molecule has 0 aliphatic heterocycles. The largest absolute Gasteiger partial charge is 0.399 e. The fourth-order valence-electron chi connectivity index (χ4n) is 2.10. The summed E-state index contributed by atoms with van der Waals surface area (Å²) in [6.07, 6.45) is 2.52. The van der Waals surface area contributed by atoms with Crippen LogP contribution in [0, 0.1) is 0 Å². The van der Waals surface area contributed by atoms with E-state index in [-0.39, 0.29) is 22.5 Å². The summed E-state index contributed by atoms with van der Waals surface area (Å²) in [5.74, 6) is 0. The molecular weight excluding hydrogens is 400 g/mol. The molecule has 2 rings (SSSR count). The van der Waals surface area contributed by atoms with E-state index in [1.807, 2.05) is 0 Å². The Morgan fingerprint density at radius 3 is 1.92 bits per heavy atom. The fourth-order valence-corrected chi connectivity index (χ4v) is 3.63. The summed E-state index contributed by atoms with van der Waals surface area (Å²) in [4.78, 5) is 2.74. The smallest absolute Gasteiger partial charge is 0.295 e. The maximum absolute atomic E-state index is 11.6. The minimum absolute atomic E-state index is 0.0638. The van der Waals surface area contributed by atoms with Gasteiger partial charge in [0.05, 0.1) is 10.8 Å². The van der Waals surface area contributed by atoms with E-state index in [0.717, 1.165) is 12.1 Å². The minimum atomic E-state index is -4.58. The quantitative estimate of drug-likeness (QED) is 0.223. The number of nitrogen functional groups attached to an aromatic ring is 1. The number of aliphatic imine (C=N–C) groups is 1. The monoisotopic (exact) mass is 412 g/mol. The Kier molecular flexibility index (Phi) is 5.71. The molecule has 0 spiro atoms. The number of hydrogen-bond donors (Lipinski definition) is 3. The van der Waals surface area contributed by atoms with Crippen molar-refractivity contribution in [1.82, 2.24) is 0 Å².